The van der Waals surface area contributed by atoms with Crippen LogP contribution in [0.2, 0.25) is 0 Å². The molecule has 0 saturated carbocycles. The van der Waals surface area contributed by atoms with Crippen LogP contribution in [0.1, 0.15) is 36.5 Å². The maximum atomic E-state index is 12.5. The molecule has 2 amide bonds. The Hall–Kier alpha value is -2.34. The average molecular weight is 328 g/mol. The predicted molar refractivity (Wildman–Crippen MR) is 91.2 cm³/mol. The number of carbonyl (C=O) groups excluding carboxylic acids is 1. The monoisotopic (exact) mass is 328 g/mol. The standard InChI is InChI=1S/C18H24N4O2/c1-21-13-14(12-20-21)11-19-18(24)22-9-5-8-16(22)10-17(23)15-6-3-2-4-7-15/h2-4,6-7,12-13,16-17,23H,5,8-11H2,1H3,(H,19,24). The molecule has 1 saturated heterocycles. The molecule has 2 N–H and O–H groups in total. The highest BCUT2D eigenvalue weighted by molar-refractivity contribution is 5.74. The number of aryl methyl sites for hydroxylation is 1. The second kappa shape index (κ2) is 7.49. The van der Waals surface area contributed by atoms with Crippen LogP contribution in [0.3, 0.4) is 0 Å². The molecule has 2 atom stereocenters. The maximum Gasteiger partial charge on any atom is 0.317 e. The third-order valence-electron chi connectivity index (χ3n) is 4.52. The van der Waals surface area contributed by atoms with E-state index in [1.165, 1.54) is 0 Å². The molecule has 128 valence electrons. The molecule has 1 fully saturated rings. The van der Waals surface area contributed by atoms with Gasteiger partial charge in [-0.3, -0.25) is 4.68 Å². The predicted octanol–water partition coefficient (Wildman–Crippen LogP) is 2.22. The van der Waals surface area contributed by atoms with E-state index in [4.69, 9.17) is 0 Å². The molecular formula is C18H24N4O2. The van der Waals surface area contributed by atoms with Crippen LogP contribution < -0.4 is 5.32 Å². The minimum Gasteiger partial charge on any atom is -0.388 e. The van der Waals surface area contributed by atoms with Crippen LogP contribution in [-0.4, -0.2) is 38.4 Å². The Kier molecular flexibility index (Phi) is 5.15. The Morgan fingerprint density at radius 1 is 1.42 bits per heavy atom. The van der Waals surface area contributed by atoms with Crippen LogP contribution in [0.25, 0.3) is 0 Å². The van der Waals surface area contributed by atoms with Gasteiger partial charge >= 0.3 is 6.03 Å². The van der Waals surface area contributed by atoms with Gasteiger partial charge in [0.25, 0.3) is 0 Å². The van der Waals surface area contributed by atoms with Gasteiger partial charge in [0.05, 0.1) is 12.3 Å². The minimum atomic E-state index is -0.539. The van der Waals surface area contributed by atoms with Gasteiger partial charge in [0.1, 0.15) is 0 Å². The number of aromatic nitrogens is 2. The summed E-state index contributed by atoms with van der Waals surface area (Å²) in [6.07, 6.45) is 5.59. The van der Waals surface area contributed by atoms with Gasteiger partial charge in [-0.1, -0.05) is 30.3 Å². The molecule has 1 aliphatic heterocycles. The molecule has 0 radical (unpaired) electrons. The lowest BCUT2D eigenvalue weighted by Gasteiger charge is -2.27. The summed E-state index contributed by atoms with van der Waals surface area (Å²) >= 11 is 0. The molecule has 0 bridgehead atoms. The van der Waals surface area contributed by atoms with Gasteiger partial charge in [0.15, 0.2) is 0 Å². The average Bonchev–Trinajstić information content (AvgIpc) is 3.22. The maximum absolute atomic E-state index is 12.5. The number of nitrogens with one attached hydrogen (secondary N) is 1. The fraction of sp³-hybridized carbons (Fsp3) is 0.444. The van der Waals surface area contributed by atoms with E-state index >= 15 is 0 Å². The number of benzene rings is 1. The summed E-state index contributed by atoms with van der Waals surface area (Å²) in [5, 5.41) is 17.5. The molecule has 1 aromatic carbocycles. The Bertz CT molecular complexity index is 671. The number of hydrogen-bond donors (Lipinski definition) is 2. The fourth-order valence-corrected chi connectivity index (χ4v) is 3.26. The van der Waals surface area contributed by atoms with Gasteiger partial charge in [0, 0.05) is 37.9 Å². The SMILES string of the molecule is Cn1cc(CNC(=O)N2CCCC2CC(O)c2ccccc2)cn1. The molecule has 1 aliphatic rings. The van der Waals surface area contributed by atoms with E-state index in [-0.39, 0.29) is 12.1 Å². The summed E-state index contributed by atoms with van der Waals surface area (Å²) in [7, 11) is 1.85. The van der Waals surface area contributed by atoms with Gasteiger partial charge in [-0.05, 0) is 24.8 Å². The lowest BCUT2D eigenvalue weighted by molar-refractivity contribution is 0.126. The topological polar surface area (TPSA) is 70.4 Å². The van der Waals surface area contributed by atoms with Gasteiger partial charge in [-0.25, -0.2) is 4.79 Å². The number of carbonyl (C=O) groups is 1. The Balaban J connectivity index is 1.55. The normalized spacial score (nSPS) is 18.6. The second-order valence-corrected chi connectivity index (χ2v) is 6.33. The summed E-state index contributed by atoms with van der Waals surface area (Å²) in [5.74, 6) is 0. The minimum absolute atomic E-state index is 0.0679. The van der Waals surface area contributed by atoms with Crippen molar-refractivity contribution in [1.82, 2.24) is 20.0 Å². The molecular weight excluding hydrogens is 304 g/mol. The number of urea groups is 1. The largest absolute Gasteiger partial charge is 0.388 e. The van der Waals surface area contributed by atoms with Crippen molar-refractivity contribution < 1.29 is 9.90 Å². The summed E-state index contributed by atoms with van der Waals surface area (Å²) in [6.45, 7) is 1.21. The van der Waals surface area contributed by atoms with Crippen molar-refractivity contribution in [2.45, 2.75) is 38.0 Å². The molecule has 2 unspecified atom stereocenters. The third-order valence-corrected chi connectivity index (χ3v) is 4.52. The molecule has 3 rings (SSSR count). The van der Waals surface area contributed by atoms with Crippen molar-refractivity contribution in [3.8, 4) is 0 Å². The van der Waals surface area contributed by atoms with Crippen molar-refractivity contribution in [2.75, 3.05) is 6.54 Å². The van der Waals surface area contributed by atoms with E-state index in [2.05, 4.69) is 10.4 Å². The van der Waals surface area contributed by atoms with Crippen molar-refractivity contribution >= 4 is 6.03 Å². The van der Waals surface area contributed by atoms with Crippen LogP contribution in [0.15, 0.2) is 42.7 Å². The quantitative estimate of drug-likeness (QED) is 0.884. The van der Waals surface area contributed by atoms with Crippen LogP contribution in [0.5, 0.6) is 0 Å². The molecule has 24 heavy (non-hydrogen) atoms. The molecule has 2 heterocycles. The van der Waals surface area contributed by atoms with E-state index in [0.717, 1.165) is 30.5 Å². The first-order chi connectivity index (χ1) is 11.6. The first-order valence-electron chi connectivity index (χ1n) is 8.38. The smallest absolute Gasteiger partial charge is 0.317 e. The number of rotatable bonds is 5. The lowest BCUT2D eigenvalue weighted by atomic mass is 10.0. The van der Waals surface area contributed by atoms with E-state index in [9.17, 15) is 9.90 Å². The number of aliphatic hydroxyl groups is 1. The summed E-state index contributed by atoms with van der Waals surface area (Å²) in [4.78, 5) is 14.3. The molecule has 0 spiro atoms. The number of aliphatic hydroxyl groups excluding tert-OH is 1. The summed E-state index contributed by atoms with van der Waals surface area (Å²) in [5.41, 5.74) is 1.88. The van der Waals surface area contributed by atoms with Crippen LogP contribution in [0.4, 0.5) is 4.79 Å². The molecule has 6 heteroatoms. The highest BCUT2D eigenvalue weighted by Gasteiger charge is 2.30. The van der Waals surface area contributed by atoms with E-state index < -0.39 is 6.10 Å². The zero-order chi connectivity index (χ0) is 16.9. The van der Waals surface area contributed by atoms with Crippen LogP contribution in [0, 0.1) is 0 Å². The molecule has 6 nitrogen and oxygen atoms in total. The fourth-order valence-electron chi connectivity index (χ4n) is 3.26. The van der Waals surface area contributed by atoms with Gasteiger partial charge < -0.3 is 15.3 Å². The highest BCUT2D eigenvalue weighted by atomic mass is 16.3. The van der Waals surface area contributed by atoms with E-state index in [1.807, 2.05) is 48.5 Å². The van der Waals surface area contributed by atoms with Crippen molar-refractivity contribution in [3.05, 3.63) is 53.9 Å². The van der Waals surface area contributed by atoms with Gasteiger partial charge in [0.2, 0.25) is 0 Å². The van der Waals surface area contributed by atoms with E-state index in [0.29, 0.717) is 13.0 Å². The number of nitrogens with zero attached hydrogens (tertiary/aromatic N) is 3. The summed E-state index contributed by atoms with van der Waals surface area (Å²) in [6, 6.07) is 9.63. The van der Waals surface area contributed by atoms with Gasteiger partial charge in [-0.15, -0.1) is 0 Å². The Morgan fingerprint density at radius 2 is 2.21 bits per heavy atom. The van der Waals surface area contributed by atoms with Crippen molar-refractivity contribution in [3.63, 3.8) is 0 Å². The number of amides is 2. The van der Waals surface area contributed by atoms with Crippen molar-refractivity contribution in [1.29, 1.82) is 0 Å². The zero-order valence-electron chi connectivity index (χ0n) is 13.9. The van der Waals surface area contributed by atoms with Crippen LogP contribution >= 0.6 is 0 Å². The Labute approximate surface area is 142 Å². The first kappa shape index (κ1) is 16.5. The van der Waals surface area contributed by atoms with Crippen LogP contribution in [-0.2, 0) is 13.6 Å². The number of hydrogen-bond acceptors (Lipinski definition) is 3. The van der Waals surface area contributed by atoms with E-state index in [1.54, 1.807) is 10.9 Å². The second-order valence-electron chi connectivity index (χ2n) is 6.33. The van der Waals surface area contributed by atoms with Gasteiger partial charge in [-0.2, -0.15) is 5.10 Å². The third kappa shape index (κ3) is 3.94. The first-order valence-corrected chi connectivity index (χ1v) is 8.38. The van der Waals surface area contributed by atoms with Crippen molar-refractivity contribution in [2.24, 2.45) is 7.05 Å². The molecule has 2 aromatic rings. The Morgan fingerprint density at radius 3 is 2.92 bits per heavy atom. The summed E-state index contributed by atoms with van der Waals surface area (Å²) < 4.78 is 1.72. The molecule has 1 aromatic heterocycles. The number of likely N-dealkylation sites (tertiary alicyclic amines) is 1. The lowest BCUT2D eigenvalue weighted by Crippen LogP contribution is -2.43. The zero-order valence-corrected chi connectivity index (χ0v) is 13.9. The highest BCUT2D eigenvalue weighted by Crippen LogP contribution is 2.27. The molecule has 0 aliphatic carbocycles.